The molecule has 2 aromatic rings. The van der Waals surface area contributed by atoms with Crippen LogP contribution in [0.25, 0.3) is 0 Å². The van der Waals surface area contributed by atoms with Gasteiger partial charge in [0.25, 0.3) is 0 Å². The molecule has 0 radical (unpaired) electrons. The second-order valence-electron chi connectivity index (χ2n) is 5.96. The number of ether oxygens (including phenoxy) is 1. The molecular weight excluding hydrogens is 344 g/mol. The fourth-order valence-corrected chi connectivity index (χ4v) is 2.67. The van der Waals surface area contributed by atoms with Crippen molar-refractivity contribution in [2.24, 2.45) is 0 Å². The first-order valence-corrected chi connectivity index (χ1v) is 7.81. The molecule has 0 aliphatic rings. The summed E-state index contributed by atoms with van der Waals surface area (Å²) in [5, 5.41) is 39.5. The van der Waals surface area contributed by atoms with Crippen molar-refractivity contribution in [3.63, 3.8) is 0 Å². The number of aromatic hydroxyl groups is 3. The maximum Gasteiger partial charge on any atom is 0.343 e. The Hall–Kier alpha value is -3.00. The van der Waals surface area contributed by atoms with Crippen molar-refractivity contribution in [1.29, 1.82) is 0 Å². The van der Waals surface area contributed by atoms with Crippen LogP contribution in [0.1, 0.15) is 41.1 Å². The first-order valence-electron chi connectivity index (χ1n) is 7.81. The second kappa shape index (κ2) is 7.49. The minimum Gasteiger partial charge on any atom is -0.507 e. The summed E-state index contributed by atoms with van der Waals surface area (Å²) < 4.78 is 10.0. The monoisotopic (exact) mass is 364 g/mol. The van der Waals surface area contributed by atoms with Gasteiger partial charge in [0, 0.05) is 18.9 Å². The fraction of sp³-hybridized carbons (Fsp3) is 0.333. The van der Waals surface area contributed by atoms with Gasteiger partial charge in [-0.25, -0.2) is 4.79 Å². The lowest BCUT2D eigenvalue weighted by Gasteiger charge is -2.14. The normalized spacial score (nSPS) is 12.0. The predicted molar refractivity (Wildman–Crippen MR) is 91.2 cm³/mol. The van der Waals surface area contributed by atoms with Gasteiger partial charge >= 0.3 is 5.63 Å². The lowest BCUT2D eigenvalue weighted by Crippen LogP contribution is -2.14. The van der Waals surface area contributed by atoms with E-state index in [4.69, 9.17) is 9.15 Å². The van der Waals surface area contributed by atoms with Crippen LogP contribution in [-0.4, -0.2) is 39.4 Å². The van der Waals surface area contributed by atoms with Gasteiger partial charge in [-0.3, -0.25) is 4.79 Å². The van der Waals surface area contributed by atoms with E-state index in [2.05, 4.69) is 0 Å². The quantitative estimate of drug-likeness (QED) is 0.447. The van der Waals surface area contributed by atoms with Gasteiger partial charge in [-0.05, 0) is 25.5 Å². The third kappa shape index (κ3) is 3.80. The molecule has 1 aromatic heterocycles. The lowest BCUT2D eigenvalue weighted by molar-refractivity contribution is 0.101. The van der Waals surface area contributed by atoms with E-state index in [1.54, 1.807) is 0 Å². The van der Waals surface area contributed by atoms with Crippen LogP contribution in [0, 0.1) is 0 Å². The molecule has 0 aliphatic carbocycles. The number of hydrogen-bond donors (Lipinski definition) is 4. The van der Waals surface area contributed by atoms with Crippen LogP contribution < -0.4 is 10.4 Å². The minimum absolute atomic E-state index is 0.0512. The maximum atomic E-state index is 12.2. The molecule has 26 heavy (non-hydrogen) atoms. The zero-order valence-electron chi connectivity index (χ0n) is 14.6. The molecule has 0 spiro atoms. The van der Waals surface area contributed by atoms with Crippen molar-refractivity contribution in [2.45, 2.75) is 32.8 Å². The highest BCUT2D eigenvalue weighted by atomic mass is 16.5. The third-order valence-electron chi connectivity index (χ3n) is 3.83. The van der Waals surface area contributed by atoms with Gasteiger partial charge < -0.3 is 29.6 Å². The van der Waals surface area contributed by atoms with Crippen LogP contribution >= 0.6 is 0 Å². The molecule has 2 rings (SSSR count). The zero-order valence-corrected chi connectivity index (χ0v) is 14.6. The number of ketones is 1. The van der Waals surface area contributed by atoms with E-state index in [0.29, 0.717) is 0 Å². The summed E-state index contributed by atoms with van der Waals surface area (Å²) in [6.45, 7) is 2.70. The minimum atomic E-state index is -0.832. The molecule has 0 amide bonds. The number of benzene rings is 1. The SMILES string of the molecule is COc1cc(Cc2c(O)cc(C[C@H](C)O)oc2=O)c(C(C)=O)c(O)c1O. The highest BCUT2D eigenvalue weighted by Crippen LogP contribution is 2.41. The van der Waals surface area contributed by atoms with Crippen molar-refractivity contribution in [2.75, 3.05) is 7.11 Å². The van der Waals surface area contributed by atoms with Crippen LogP contribution in [0.15, 0.2) is 21.3 Å². The number of methoxy groups -OCH3 is 1. The first kappa shape index (κ1) is 19.3. The molecule has 8 nitrogen and oxygen atoms in total. The Kier molecular flexibility index (Phi) is 5.56. The van der Waals surface area contributed by atoms with Gasteiger partial charge in [0.05, 0.1) is 24.3 Å². The zero-order chi connectivity index (χ0) is 19.6. The standard InChI is InChI=1S/C18H20O8/c1-8(19)4-11-7-13(21)12(18(24)26-11)5-10-6-14(25-3)16(22)17(23)15(10)9(2)20/h6-8,19,21-23H,4-5H2,1-3H3/t8-/m0/s1. The number of Topliss-reactive ketones (excluding diaryl/α,β-unsaturated/α-hetero) is 1. The molecular formula is C18H20O8. The second-order valence-corrected chi connectivity index (χ2v) is 5.96. The number of aliphatic hydroxyl groups is 1. The van der Waals surface area contributed by atoms with E-state index in [9.17, 15) is 30.0 Å². The van der Waals surface area contributed by atoms with E-state index in [0.717, 1.165) is 0 Å². The highest BCUT2D eigenvalue weighted by molar-refractivity contribution is 5.99. The van der Waals surface area contributed by atoms with Gasteiger partial charge in [-0.2, -0.15) is 0 Å². The van der Waals surface area contributed by atoms with Crippen LogP contribution in [0.2, 0.25) is 0 Å². The van der Waals surface area contributed by atoms with Gasteiger partial charge in [-0.15, -0.1) is 0 Å². The van der Waals surface area contributed by atoms with Crippen molar-refractivity contribution >= 4 is 5.78 Å². The Bertz CT molecular complexity index is 895. The highest BCUT2D eigenvalue weighted by Gasteiger charge is 2.23. The summed E-state index contributed by atoms with van der Waals surface area (Å²) in [5.74, 6) is -2.13. The third-order valence-corrected chi connectivity index (χ3v) is 3.83. The molecule has 1 aromatic carbocycles. The average molecular weight is 364 g/mol. The van der Waals surface area contributed by atoms with Crippen molar-refractivity contribution in [1.82, 2.24) is 0 Å². The topological polar surface area (TPSA) is 137 Å². The number of rotatable bonds is 6. The molecule has 0 unspecified atom stereocenters. The molecule has 1 heterocycles. The number of phenolic OH excluding ortho intramolecular Hbond substituents is 2. The molecule has 1 atom stereocenters. The maximum absolute atomic E-state index is 12.2. The summed E-state index contributed by atoms with van der Waals surface area (Å²) >= 11 is 0. The van der Waals surface area contributed by atoms with Gasteiger partial charge in [0.15, 0.2) is 17.3 Å². The fourth-order valence-electron chi connectivity index (χ4n) is 2.67. The molecule has 8 heteroatoms. The van der Waals surface area contributed by atoms with Gasteiger partial charge in [0.1, 0.15) is 11.5 Å². The first-order chi connectivity index (χ1) is 12.1. The van der Waals surface area contributed by atoms with Crippen molar-refractivity contribution in [3.8, 4) is 23.0 Å². The largest absolute Gasteiger partial charge is 0.507 e. The Balaban J connectivity index is 2.57. The van der Waals surface area contributed by atoms with Gasteiger partial charge in [-0.1, -0.05) is 0 Å². The van der Waals surface area contributed by atoms with Gasteiger partial charge in [0.2, 0.25) is 5.75 Å². The molecule has 0 saturated carbocycles. The number of carbonyl (C=O) groups is 1. The lowest BCUT2D eigenvalue weighted by atomic mass is 9.96. The Morgan fingerprint density at radius 3 is 2.38 bits per heavy atom. The van der Waals surface area contributed by atoms with Crippen LogP contribution in [0.3, 0.4) is 0 Å². The average Bonchev–Trinajstić information content (AvgIpc) is 2.52. The Labute approximate surface area is 148 Å². The molecule has 140 valence electrons. The Morgan fingerprint density at radius 1 is 1.23 bits per heavy atom. The molecule has 4 N–H and O–H groups in total. The summed E-state index contributed by atoms with van der Waals surface area (Å²) in [7, 11) is 1.27. The number of carbonyl (C=O) groups excluding carboxylic acids is 1. The number of hydrogen-bond acceptors (Lipinski definition) is 8. The summed E-state index contributed by atoms with van der Waals surface area (Å²) in [6.07, 6.45) is -0.941. The predicted octanol–water partition coefficient (Wildman–Crippen LogP) is 1.48. The number of aliphatic hydroxyl groups excluding tert-OH is 1. The Morgan fingerprint density at radius 2 is 1.88 bits per heavy atom. The van der Waals surface area contributed by atoms with Crippen LogP contribution in [-0.2, 0) is 12.8 Å². The number of phenols is 2. The molecule has 0 bridgehead atoms. The van der Waals surface area contributed by atoms with Crippen LogP contribution in [0.4, 0.5) is 0 Å². The summed E-state index contributed by atoms with van der Waals surface area (Å²) in [4.78, 5) is 24.1. The smallest absolute Gasteiger partial charge is 0.343 e. The van der Waals surface area contributed by atoms with Crippen LogP contribution in [0.5, 0.6) is 23.0 Å². The summed E-state index contributed by atoms with van der Waals surface area (Å²) in [5.41, 5.74) is -0.971. The summed E-state index contributed by atoms with van der Waals surface area (Å²) in [6, 6.07) is 2.52. The molecule has 0 fully saturated rings. The van der Waals surface area contributed by atoms with E-state index >= 15 is 0 Å². The van der Waals surface area contributed by atoms with Crippen molar-refractivity contribution in [3.05, 3.63) is 45.0 Å². The van der Waals surface area contributed by atoms with E-state index < -0.39 is 29.0 Å². The van der Waals surface area contributed by atoms with E-state index in [1.807, 2.05) is 0 Å². The van der Waals surface area contributed by atoms with E-state index in [-0.39, 0.29) is 46.8 Å². The molecule has 0 saturated heterocycles. The molecule has 0 aliphatic heterocycles. The van der Waals surface area contributed by atoms with E-state index in [1.165, 1.54) is 33.1 Å². The van der Waals surface area contributed by atoms with Crippen molar-refractivity contribution < 1.29 is 34.4 Å².